The van der Waals surface area contributed by atoms with E-state index in [9.17, 15) is 39.6 Å². The number of methoxy groups -OCH3 is 1. The summed E-state index contributed by atoms with van der Waals surface area (Å²) in [5, 5.41) is -0.471. The van der Waals surface area contributed by atoms with Gasteiger partial charge in [-0.15, -0.1) is 0 Å². The van der Waals surface area contributed by atoms with Crippen LogP contribution >= 0.6 is 11.6 Å². The summed E-state index contributed by atoms with van der Waals surface area (Å²) >= 11 is 5.93. The van der Waals surface area contributed by atoms with E-state index < -0.39 is 55.2 Å². The second-order valence-electron chi connectivity index (χ2n) is 7.98. The van der Waals surface area contributed by atoms with Crippen molar-refractivity contribution in [3.8, 4) is 17.4 Å². The minimum atomic E-state index is -4.70. The third-order valence-corrected chi connectivity index (χ3v) is 6.66. The first-order valence-electron chi connectivity index (χ1n) is 11.2. The van der Waals surface area contributed by atoms with E-state index in [-0.39, 0.29) is 30.3 Å². The Kier molecular flexibility index (Phi) is 9.89. The Hall–Kier alpha value is -3.82. The lowest BCUT2D eigenvalue weighted by Gasteiger charge is -2.13. The third kappa shape index (κ3) is 8.83. The quantitative estimate of drug-likeness (QED) is 0.165. The number of nitrogens with zero attached hydrogens (tertiary/aromatic N) is 1. The summed E-state index contributed by atoms with van der Waals surface area (Å²) in [6.45, 7) is 0.367. The molecule has 0 atom stereocenters. The van der Waals surface area contributed by atoms with Gasteiger partial charge in [-0.2, -0.15) is 26.3 Å². The number of pyridine rings is 1. The van der Waals surface area contributed by atoms with Crippen LogP contribution < -0.4 is 14.2 Å². The number of aromatic nitrogens is 1. The van der Waals surface area contributed by atoms with Gasteiger partial charge >= 0.3 is 12.4 Å². The summed E-state index contributed by atoms with van der Waals surface area (Å²) in [6, 6.07) is 7.27. The van der Waals surface area contributed by atoms with Crippen molar-refractivity contribution in [3.05, 3.63) is 82.5 Å². The van der Waals surface area contributed by atoms with Crippen LogP contribution in [0.2, 0.25) is 5.02 Å². The van der Waals surface area contributed by atoms with Gasteiger partial charge in [0.15, 0.2) is 0 Å². The number of sulfonamides is 1. The number of halogens is 7. The van der Waals surface area contributed by atoms with Gasteiger partial charge < -0.3 is 14.2 Å². The molecule has 0 radical (unpaired) electrons. The van der Waals surface area contributed by atoms with Crippen molar-refractivity contribution >= 4 is 33.6 Å². The van der Waals surface area contributed by atoms with Crippen molar-refractivity contribution in [3.63, 3.8) is 0 Å². The average Bonchev–Trinajstić information content (AvgIpc) is 2.88. The molecule has 0 saturated heterocycles. The second kappa shape index (κ2) is 12.8. The summed E-state index contributed by atoms with van der Waals surface area (Å²) in [4.78, 5) is 15.4. The zero-order valence-corrected chi connectivity index (χ0v) is 22.3. The number of alkyl halides is 6. The molecule has 0 unspecified atom stereocenters. The highest BCUT2D eigenvalue weighted by molar-refractivity contribution is 7.90. The minimum Gasteiger partial charge on any atom is -0.491 e. The lowest BCUT2D eigenvalue weighted by atomic mass is 10.1. The van der Waals surface area contributed by atoms with Crippen molar-refractivity contribution < 1.29 is 53.8 Å². The highest BCUT2D eigenvalue weighted by atomic mass is 35.5. The topological polar surface area (TPSA) is 104 Å². The first-order valence-corrected chi connectivity index (χ1v) is 13.0. The number of hydrogen-bond donors (Lipinski definition) is 1. The van der Waals surface area contributed by atoms with Crippen LogP contribution in [-0.4, -0.2) is 39.6 Å². The molecule has 41 heavy (non-hydrogen) atoms. The first-order chi connectivity index (χ1) is 19.1. The van der Waals surface area contributed by atoms with Crippen LogP contribution in [0.15, 0.2) is 65.7 Å². The fraction of sp³-hybridized carbons (Fsp3) is 0.200. The molecule has 220 valence electrons. The van der Waals surface area contributed by atoms with Crippen LogP contribution in [-0.2, 0) is 31.9 Å². The molecule has 0 saturated carbocycles. The Balaban J connectivity index is 1.84. The fourth-order valence-electron chi connectivity index (χ4n) is 3.05. The Labute approximate surface area is 234 Å². The number of nitrogens with one attached hydrogen (secondary N) is 1. The lowest BCUT2D eigenvalue weighted by Crippen LogP contribution is -2.29. The molecule has 0 bridgehead atoms. The first kappa shape index (κ1) is 31.7. The molecule has 2 aromatic carbocycles. The molecule has 1 heterocycles. The summed E-state index contributed by atoms with van der Waals surface area (Å²) in [7, 11) is -3.08. The molecule has 1 amide bonds. The summed E-state index contributed by atoms with van der Waals surface area (Å²) < 4.78 is 120. The number of hydrogen-bond acceptors (Lipinski definition) is 7. The molecule has 8 nitrogen and oxygen atoms in total. The summed E-state index contributed by atoms with van der Waals surface area (Å²) in [5.74, 6) is -1.41. The average molecular weight is 625 g/mol. The molecule has 0 spiro atoms. The van der Waals surface area contributed by atoms with Gasteiger partial charge in [-0.25, -0.2) is 18.1 Å². The van der Waals surface area contributed by atoms with Crippen molar-refractivity contribution in [2.24, 2.45) is 0 Å². The van der Waals surface area contributed by atoms with E-state index in [1.165, 1.54) is 25.3 Å². The molecular weight excluding hydrogens is 606 g/mol. The van der Waals surface area contributed by atoms with Crippen molar-refractivity contribution in [2.75, 3.05) is 20.3 Å². The predicted octanol–water partition coefficient (Wildman–Crippen LogP) is 6.11. The smallest absolute Gasteiger partial charge is 0.417 e. The largest absolute Gasteiger partial charge is 0.491 e. The van der Waals surface area contributed by atoms with E-state index in [1.54, 1.807) is 4.72 Å². The molecule has 3 rings (SSSR count). The number of ether oxygens (including phenoxy) is 3. The molecule has 1 aromatic heterocycles. The number of carbonyl (C=O) groups excluding carboxylic acids is 1. The van der Waals surface area contributed by atoms with Gasteiger partial charge in [0, 0.05) is 31.0 Å². The molecule has 1 N–H and O–H groups in total. The number of rotatable bonds is 10. The van der Waals surface area contributed by atoms with Gasteiger partial charge in [-0.3, -0.25) is 4.79 Å². The number of amides is 1. The van der Waals surface area contributed by atoms with Gasteiger partial charge in [-0.1, -0.05) is 11.6 Å². The fourth-order valence-corrected chi connectivity index (χ4v) is 4.20. The van der Waals surface area contributed by atoms with Crippen LogP contribution in [0, 0.1) is 0 Å². The standard InChI is InChI=1S/C25H19ClF6N2O6S/c1-38-10-11-39-18-6-2-15(21(13-18)40-23-20(26)12-17(14-33-23)25(30,31)32)3-9-22(35)34-41(36,37)19-7-4-16(5-8-19)24(27,28)29/h2-9,12-14H,10-11H2,1H3,(H,34,35). The zero-order valence-electron chi connectivity index (χ0n) is 20.7. The van der Waals surface area contributed by atoms with Crippen LogP contribution in [0.1, 0.15) is 16.7 Å². The van der Waals surface area contributed by atoms with Gasteiger partial charge in [0.2, 0.25) is 5.88 Å². The minimum absolute atomic E-state index is 0.0799. The number of carbonyl (C=O) groups is 1. The Bertz CT molecular complexity index is 1530. The molecule has 16 heteroatoms. The van der Waals surface area contributed by atoms with Crippen molar-refractivity contribution in [2.45, 2.75) is 17.2 Å². The maximum atomic E-state index is 13.0. The maximum Gasteiger partial charge on any atom is 0.417 e. The van der Waals surface area contributed by atoms with E-state index in [4.69, 9.17) is 25.8 Å². The van der Waals surface area contributed by atoms with E-state index in [1.807, 2.05) is 0 Å². The Morgan fingerprint density at radius 3 is 2.22 bits per heavy atom. The highest BCUT2D eigenvalue weighted by Crippen LogP contribution is 2.37. The van der Waals surface area contributed by atoms with Crippen molar-refractivity contribution in [1.82, 2.24) is 9.71 Å². The SMILES string of the molecule is COCCOc1ccc(C=CC(=O)NS(=O)(=O)c2ccc(C(F)(F)F)cc2)c(Oc2ncc(C(F)(F)F)cc2Cl)c1. The van der Waals surface area contributed by atoms with Gasteiger partial charge in [0.25, 0.3) is 15.9 Å². The molecule has 0 aliphatic carbocycles. The lowest BCUT2D eigenvalue weighted by molar-refractivity contribution is -0.138. The van der Waals surface area contributed by atoms with Crippen LogP contribution in [0.5, 0.6) is 17.4 Å². The van der Waals surface area contributed by atoms with E-state index in [2.05, 4.69) is 4.98 Å². The zero-order chi connectivity index (χ0) is 30.4. The molecule has 0 aliphatic heterocycles. The summed E-state index contributed by atoms with van der Waals surface area (Å²) in [6.07, 6.45) is -6.97. The molecule has 0 aliphatic rings. The molecule has 0 fully saturated rings. The molecule has 3 aromatic rings. The van der Waals surface area contributed by atoms with Gasteiger partial charge in [0.05, 0.1) is 22.6 Å². The van der Waals surface area contributed by atoms with Gasteiger partial charge in [-0.05, 0) is 48.5 Å². The monoisotopic (exact) mass is 624 g/mol. The predicted molar refractivity (Wildman–Crippen MR) is 134 cm³/mol. The van der Waals surface area contributed by atoms with Crippen LogP contribution in [0.4, 0.5) is 26.3 Å². The highest BCUT2D eigenvalue weighted by Gasteiger charge is 2.32. The van der Waals surface area contributed by atoms with E-state index >= 15 is 0 Å². The molecular formula is C25H19ClF6N2O6S. The van der Waals surface area contributed by atoms with Crippen molar-refractivity contribution in [1.29, 1.82) is 0 Å². The van der Waals surface area contributed by atoms with E-state index in [0.29, 0.717) is 36.5 Å². The normalized spacial score (nSPS) is 12.4. The second-order valence-corrected chi connectivity index (χ2v) is 10.1. The maximum absolute atomic E-state index is 13.0. The Morgan fingerprint density at radius 1 is 0.976 bits per heavy atom. The summed E-state index contributed by atoms with van der Waals surface area (Å²) in [5.41, 5.74) is -2.06. The van der Waals surface area contributed by atoms with E-state index in [0.717, 1.165) is 12.2 Å². The van der Waals surface area contributed by atoms with Crippen LogP contribution in [0.25, 0.3) is 6.08 Å². The third-order valence-electron chi connectivity index (χ3n) is 5.02. The van der Waals surface area contributed by atoms with Crippen LogP contribution in [0.3, 0.4) is 0 Å². The number of benzene rings is 2. The van der Waals surface area contributed by atoms with Gasteiger partial charge in [0.1, 0.15) is 23.1 Å². The Morgan fingerprint density at radius 2 is 1.63 bits per heavy atom.